The first-order chi connectivity index (χ1) is 8.65. The van der Waals surface area contributed by atoms with Crippen LogP contribution in [0.3, 0.4) is 0 Å². The number of carbonyl (C=O) groups excluding carboxylic acids is 1. The van der Waals surface area contributed by atoms with Crippen LogP contribution in [-0.2, 0) is 5.33 Å². The molecule has 1 aromatic heterocycles. The van der Waals surface area contributed by atoms with Crippen molar-refractivity contribution in [3.63, 3.8) is 0 Å². The van der Waals surface area contributed by atoms with Gasteiger partial charge in [-0.25, -0.2) is 13.8 Å². The van der Waals surface area contributed by atoms with Gasteiger partial charge in [0.2, 0.25) is 0 Å². The SMILES string of the molecule is O=C(Cl)c1cc(OC(F)(F)F)c(C(F)F)nc1CBr. The van der Waals surface area contributed by atoms with Crippen molar-refractivity contribution in [3.05, 3.63) is 23.0 Å². The van der Waals surface area contributed by atoms with Gasteiger partial charge in [0.1, 0.15) is 5.69 Å². The maximum atomic E-state index is 12.6. The van der Waals surface area contributed by atoms with E-state index in [1.807, 2.05) is 0 Å². The number of carbonyl (C=O) groups is 1. The van der Waals surface area contributed by atoms with Crippen LogP contribution in [0.5, 0.6) is 5.75 Å². The molecule has 19 heavy (non-hydrogen) atoms. The Bertz CT molecular complexity index is 494. The Morgan fingerprint density at radius 3 is 2.42 bits per heavy atom. The highest BCUT2D eigenvalue weighted by Gasteiger charge is 2.34. The number of halogens is 7. The zero-order chi connectivity index (χ0) is 14.8. The maximum Gasteiger partial charge on any atom is 0.573 e. The second-order valence-electron chi connectivity index (χ2n) is 3.12. The van der Waals surface area contributed by atoms with Crippen LogP contribution in [-0.4, -0.2) is 16.6 Å². The van der Waals surface area contributed by atoms with E-state index in [9.17, 15) is 26.7 Å². The highest BCUT2D eigenvalue weighted by Crippen LogP contribution is 2.34. The van der Waals surface area contributed by atoms with E-state index in [2.05, 4.69) is 25.7 Å². The first kappa shape index (κ1) is 16.1. The zero-order valence-corrected chi connectivity index (χ0v) is 11.1. The number of alkyl halides is 6. The van der Waals surface area contributed by atoms with Crippen molar-refractivity contribution < 1.29 is 31.5 Å². The molecule has 0 aliphatic rings. The lowest BCUT2D eigenvalue weighted by Crippen LogP contribution is -2.19. The lowest BCUT2D eigenvalue weighted by Gasteiger charge is -2.14. The Labute approximate surface area is 116 Å². The van der Waals surface area contributed by atoms with E-state index in [1.165, 1.54) is 0 Å². The Balaban J connectivity index is 3.41. The maximum absolute atomic E-state index is 12.6. The Hall–Kier alpha value is -0.960. The topological polar surface area (TPSA) is 39.2 Å². The molecule has 0 amide bonds. The summed E-state index contributed by atoms with van der Waals surface area (Å²) in [6.07, 6.45) is -8.48. The number of aromatic nitrogens is 1. The molecule has 10 heteroatoms. The molecule has 1 rings (SSSR count). The molecule has 0 bridgehead atoms. The number of hydrogen-bond donors (Lipinski definition) is 0. The van der Waals surface area contributed by atoms with E-state index < -0.39 is 35.0 Å². The summed E-state index contributed by atoms with van der Waals surface area (Å²) in [6.45, 7) is 0. The van der Waals surface area contributed by atoms with Crippen LogP contribution in [0, 0.1) is 0 Å². The standard InChI is InChI=1S/C9H4BrClF5NO2/c10-2-4-3(7(11)18)1-5(19-9(14,15)16)6(17-4)8(12)13/h1,8H,2H2. The first-order valence-corrected chi connectivity index (χ1v) is 5.99. The number of pyridine rings is 1. The summed E-state index contributed by atoms with van der Waals surface area (Å²) in [5.74, 6) is -1.25. The van der Waals surface area contributed by atoms with Crippen molar-refractivity contribution in [2.45, 2.75) is 18.1 Å². The second kappa shape index (κ2) is 6.00. The van der Waals surface area contributed by atoms with E-state index in [4.69, 9.17) is 11.6 Å². The van der Waals surface area contributed by atoms with E-state index in [-0.39, 0.29) is 11.0 Å². The predicted octanol–water partition coefficient (Wildman–Crippen LogP) is 4.19. The van der Waals surface area contributed by atoms with Crippen LogP contribution in [0.4, 0.5) is 22.0 Å². The molecule has 0 aliphatic carbocycles. The van der Waals surface area contributed by atoms with Gasteiger partial charge in [-0.1, -0.05) is 15.9 Å². The van der Waals surface area contributed by atoms with Crippen molar-refractivity contribution in [1.29, 1.82) is 0 Å². The molecule has 0 spiro atoms. The predicted molar refractivity (Wildman–Crippen MR) is 58.7 cm³/mol. The van der Waals surface area contributed by atoms with Gasteiger partial charge in [-0.05, 0) is 17.7 Å². The molecule has 0 atom stereocenters. The van der Waals surface area contributed by atoms with Crippen LogP contribution < -0.4 is 4.74 Å². The number of hydrogen-bond acceptors (Lipinski definition) is 3. The number of rotatable bonds is 4. The highest BCUT2D eigenvalue weighted by molar-refractivity contribution is 9.08. The molecule has 0 radical (unpaired) electrons. The van der Waals surface area contributed by atoms with Gasteiger partial charge in [-0.3, -0.25) is 4.79 Å². The number of nitrogens with zero attached hydrogens (tertiary/aromatic N) is 1. The minimum absolute atomic E-state index is 0.132. The molecular weight excluding hydrogens is 364 g/mol. The smallest absolute Gasteiger partial charge is 0.404 e. The van der Waals surface area contributed by atoms with Crippen LogP contribution in [0.25, 0.3) is 0 Å². The highest BCUT2D eigenvalue weighted by atomic mass is 79.9. The van der Waals surface area contributed by atoms with E-state index in [1.54, 1.807) is 0 Å². The summed E-state index contributed by atoms with van der Waals surface area (Å²) in [5, 5.41) is -1.26. The molecule has 0 aromatic carbocycles. The van der Waals surface area contributed by atoms with Crippen LogP contribution in [0.2, 0.25) is 0 Å². The van der Waals surface area contributed by atoms with Gasteiger partial charge in [0.15, 0.2) is 5.75 Å². The van der Waals surface area contributed by atoms with Gasteiger partial charge in [0.25, 0.3) is 11.7 Å². The third-order valence-electron chi connectivity index (χ3n) is 1.86. The molecule has 0 N–H and O–H groups in total. The summed E-state index contributed by atoms with van der Waals surface area (Å²) in [7, 11) is 0. The Morgan fingerprint density at radius 1 is 1.47 bits per heavy atom. The molecule has 0 saturated heterocycles. The van der Waals surface area contributed by atoms with Crippen molar-refractivity contribution in [2.24, 2.45) is 0 Å². The van der Waals surface area contributed by atoms with Crippen LogP contribution in [0.1, 0.15) is 28.2 Å². The molecule has 3 nitrogen and oxygen atoms in total. The molecule has 0 saturated carbocycles. The van der Waals surface area contributed by atoms with Crippen molar-refractivity contribution in [2.75, 3.05) is 0 Å². The largest absolute Gasteiger partial charge is 0.573 e. The second-order valence-corrected chi connectivity index (χ2v) is 4.03. The summed E-state index contributed by atoms with van der Waals surface area (Å²) in [4.78, 5) is 14.3. The van der Waals surface area contributed by atoms with E-state index >= 15 is 0 Å². The minimum Gasteiger partial charge on any atom is -0.404 e. The summed E-state index contributed by atoms with van der Waals surface area (Å²) in [6, 6.07) is 0.494. The molecule has 106 valence electrons. The quantitative estimate of drug-likeness (QED) is 0.454. The van der Waals surface area contributed by atoms with Gasteiger partial charge in [0.05, 0.1) is 11.3 Å². The third-order valence-corrected chi connectivity index (χ3v) is 2.60. The van der Waals surface area contributed by atoms with Gasteiger partial charge < -0.3 is 4.74 Å². The monoisotopic (exact) mass is 367 g/mol. The number of ether oxygens (including phenoxy) is 1. The van der Waals surface area contributed by atoms with Gasteiger partial charge >= 0.3 is 6.36 Å². The lowest BCUT2D eigenvalue weighted by molar-refractivity contribution is -0.275. The Kier molecular flexibility index (Phi) is 5.08. The third kappa shape index (κ3) is 4.27. The normalized spacial score (nSPS) is 11.8. The van der Waals surface area contributed by atoms with E-state index in [0.29, 0.717) is 6.07 Å². The Morgan fingerprint density at radius 2 is 2.05 bits per heavy atom. The van der Waals surface area contributed by atoms with E-state index in [0.717, 1.165) is 0 Å². The van der Waals surface area contributed by atoms with Gasteiger partial charge in [-0.2, -0.15) is 0 Å². The molecule has 0 aliphatic heterocycles. The summed E-state index contributed by atoms with van der Waals surface area (Å²) in [5.41, 5.74) is -1.86. The average molecular weight is 368 g/mol. The molecule has 0 unspecified atom stereocenters. The van der Waals surface area contributed by atoms with Crippen molar-refractivity contribution in [3.8, 4) is 5.75 Å². The fourth-order valence-electron chi connectivity index (χ4n) is 1.18. The summed E-state index contributed by atoms with van der Waals surface area (Å²) >= 11 is 8.00. The van der Waals surface area contributed by atoms with Gasteiger partial charge in [0, 0.05) is 5.33 Å². The van der Waals surface area contributed by atoms with Crippen LogP contribution >= 0.6 is 27.5 Å². The minimum atomic E-state index is -5.19. The molecule has 0 fully saturated rings. The van der Waals surface area contributed by atoms with Crippen molar-refractivity contribution >= 4 is 32.8 Å². The zero-order valence-electron chi connectivity index (χ0n) is 8.77. The molecule has 1 heterocycles. The summed E-state index contributed by atoms with van der Waals surface area (Å²) < 4.78 is 64.9. The fraction of sp³-hybridized carbons (Fsp3) is 0.333. The molecular formula is C9H4BrClF5NO2. The fourth-order valence-corrected chi connectivity index (χ4v) is 1.77. The lowest BCUT2D eigenvalue weighted by atomic mass is 10.2. The van der Waals surface area contributed by atoms with Crippen molar-refractivity contribution in [1.82, 2.24) is 4.98 Å². The van der Waals surface area contributed by atoms with Gasteiger partial charge in [-0.15, -0.1) is 13.2 Å². The van der Waals surface area contributed by atoms with Crippen LogP contribution in [0.15, 0.2) is 6.07 Å². The first-order valence-electron chi connectivity index (χ1n) is 4.49. The molecule has 1 aromatic rings. The average Bonchev–Trinajstić information content (AvgIpc) is 2.25.